The SMILES string of the molecule is C=C1C(=O)OC(C=C(c2ccccc2)c2ccccc2)C1c1ccccc1. The van der Waals surface area contributed by atoms with Gasteiger partial charge < -0.3 is 4.74 Å². The van der Waals surface area contributed by atoms with Crippen LogP contribution in [0.25, 0.3) is 5.57 Å². The van der Waals surface area contributed by atoms with Crippen LogP contribution in [-0.4, -0.2) is 12.1 Å². The summed E-state index contributed by atoms with van der Waals surface area (Å²) in [7, 11) is 0. The van der Waals surface area contributed by atoms with Crippen molar-refractivity contribution in [1.29, 1.82) is 0 Å². The van der Waals surface area contributed by atoms with Gasteiger partial charge >= 0.3 is 5.97 Å². The van der Waals surface area contributed by atoms with Crippen LogP contribution >= 0.6 is 0 Å². The van der Waals surface area contributed by atoms with Gasteiger partial charge in [0, 0.05) is 5.57 Å². The van der Waals surface area contributed by atoms with Crippen LogP contribution in [0.15, 0.2) is 109 Å². The molecule has 3 aromatic carbocycles. The molecule has 27 heavy (non-hydrogen) atoms. The largest absolute Gasteiger partial charge is 0.454 e. The molecule has 1 aliphatic heterocycles. The van der Waals surface area contributed by atoms with Crippen LogP contribution in [-0.2, 0) is 9.53 Å². The van der Waals surface area contributed by atoms with Crippen molar-refractivity contribution in [2.24, 2.45) is 0 Å². The van der Waals surface area contributed by atoms with Crippen molar-refractivity contribution in [1.82, 2.24) is 0 Å². The summed E-state index contributed by atoms with van der Waals surface area (Å²) in [5.74, 6) is -0.508. The average Bonchev–Trinajstić information content (AvgIpc) is 3.01. The van der Waals surface area contributed by atoms with Gasteiger partial charge in [0.15, 0.2) is 0 Å². The molecule has 1 fully saturated rings. The van der Waals surface area contributed by atoms with Gasteiger partial charge in [-0.3, -0.25) is 0 Å². The van der Waals surface area contributed by atoms with Crippen LogP contribution in [0.2, 0.25) is 0 Å². The number of hydrogen-bond donors (Lipinski definition) is 0. The van der Waals surface area contributed by atoms with Gasteiger partial charge in [0.25, 0.3) is 0 Å². The molecule has 1 heterocycles. The first-order valence-electron chi connectivity index (χ1n) is 9.01. The second-order valence-corrected chi connectivity index (χ2v) is 6.60. The standard InChI is InChI=1S/C25H20O2/c1-18-24(21-15-9-4-10-16-21)23(27-25(18)26)17-22(19-11-5-2-6-12-19)20-13-7-3-8-14-20/h2-17,23-24H,1H2. The molecule has 0 saturated carbocycles. The molecule has 2 heteroatoms. The normalized spacial score (nSPS) is 18.8. The number of benzene rings is 3. The fraction of sp³-hybridized carbons (Fsp3) is 0.0800. The summed E-state index contributed by atoms with van der Waals surface area (Å²) in [6.45, 7) is 3.99. The maximum Gasteiger partial charge on any atom is 0.334 e. The van der Waals surface area contributed by atoms with Crippen molar-refractivity contribution in [3.05, 3.63) is 126 Å². The van der Waals surface area contributed by atoms with E-state index >= 15 is 0 Å². The van der Waals surface area contributed by atoms with Gasteiger partial charge in [0.1, 0.15) is 6.10 Å². The van der Waals surface area contributed by atoms with Crippen molar-refractivity contribution < 1.29 is 9.53 Å². The lowest BCUT2D eigenvalue weighted by Gasteiger charge is -2.17. The van der Waals surface area contributed by atoms with Crippen LogP contribution in [0.5, 0.6) is 0 Å². The Bertz CT molecular complexity index is 931. The molecular formula is C25H20O2. The molecule has 0 amide bonds. The number of carbonyl (C=O) groups excluding carboxylic acids is 1. The molecule has 0 N–H and O–H groups in total. The molecule has 4 rings (SSSR count). The number of cyclic esters (lactones) is 1. The van der Waals surface area contributed by atoms with Crippen molar-refractivity contribution in [2.75, 3.05) is 0 Å². The summed E-state index contributed by atoms with van der Waals surface area (Å²) >= 11 is 0. The third-order valence-electron chi connectivity index (χ3n) is 4.87. The van der Waals surface area contributed by atoms with E-state index in [1.807, 2.05) is 66.7 Å². The number of hydrogen-bond acceptors (Lipinski definition) is 2. The molecule has 1 saturated heterocycles. The summed E-state index contributed by atoms with van der Waals surface area (Å²) in [6.07, 6.45) is 1.67. The Morgan fingerprint density at radius 3 is 1.78 bits per heavy atom. The summed E-state index contributed by atoms with van der Waals surface area (Å²) in [6, 6.07) is 30.3. The lowest BCUT2D eigenvalue weighted by Crippen LogP contribution is -2.13. The van der Waals surface area contributed by atoms with Gasteiger partial charge in [-0.2, -0.15) is 0 Å². The Labute approximate surface area is 159 Å². The van der Waals surface area contributed by atoms with Crippen molar-refractivity contribution in [2.45, 2.75) is 12.0 Å². The Morgan fingerprint density at radius 2 is 1.26 bits per heavy atom. The van der Waals surface area contributed by atoms with Gasteiger partial charge in [0.05, 0.1) is 5.92 Å². The van der Waals surface area contributed by atoms with Crippen LogP contribution in [0.3, 0.4) is 0 Å². The van der Waals surface area contributed by atoms with E-state index in [4.69, 9.17) is 4.74 Å². The molecule has 1 aliphatic rings. The zero-order valence-electron chi connectivity index (χ0n) is 14.9. The van der Waals surface area contributed by atoms with Crippen LogP contribution in [0.4, 0.5) is 0 Å². The molecular weight excluding hydrogens is 332 g/mol. The van der Waals surface area contributed by atoms with E-state index in [1.54, 1.807) is 0 Å². The average molecular weight is 352 g/mol. The molecule has 2 nitrogen and oxygen atoms in total. The van der Waals surface area contributed by atoms with Gasteiger partial charge in [-0.05, 0) is 28.3 Å². The van der Waals surface area contributed by atoms with E-state index in [-0.39, 0.29) is 18.0 Å². The highest BCUT2D eigenvalue weighted by atomic mass is 16.5. The molecule has 132 valence electrons. The molecule has 0 aromatic heterocycles. The predicted molar refractivity (Wildman–Crippen MR) is 108 cm³/mol. The molecule has 2 atom stereocenters. The number of carbonyl (C=O) groups is 1. The maximum absolute atomic E-state index is 12.3. The lowest BCUT2D eigenvalue weighted by molar-refractivity contribution is -0.137. The Morgan fingerprint density at radius 1 is 0.778 bits per heavy atom. The van der Waals surface area contributed by atoms with Crippen LogP contribution < -0.4 is 0 Å². The van der Waals surface area contributed by atoms with E-state index in [0.717, 1.165) is 22.3 Å². The van der Waals surface area contributed by atoms with Crippen molar-refractivity contribution in [3.8, 4) is 0 Å². The first-order chi connectivity index (χ1) is 13.2. The summed E-state index contributed by atoms with van der Waals surface area (Å²) < 4.78 is 5.70. The second kappa shape index (κ2) is 7.46. The topological polar surface area (TPSA) is 26.3 Å². The van der Waals surface area contributed by atoms with E-state index in [9.17, 15) is 4.79 Å². The highest BCUT2D eigenvalue weighted by Gasteiger charge is 2.38. The van der Waals surface area contributed by atoms with Gasteiger partial charge in [-0.1, -0.05) is 97.6 Å². The predicted octanol–water partition coefficient (Wildman–Crippen LogP) is 5.38. The van der Waals surface area contributed by atoms with E-state index < -0.39 is 0 Å². The minimum atomic E-state index is -0.386. The zero-order chi connectivity index (χ0) is 18.6. The Balaban J connectivity index is 1.81. The van der Waals surface area contributed by atoms with E-state index in [1.165, 1.54) is 0 Å². The minimum absolute atomic E-state index is 0.180. The minimum Gasteiger partial charge on any atom is -0.454 e. The molecule has 0 spiro atoms. The first-order valence-corrected chi connectivity index (χ1v) is 9.01. The highest BCUT2D eigenvalue weighted by molar-refractivity contribution is 5.93. The van der Waals surface area contributed by atoms with E-state index in [2.05, 4.69) is 36.9 Å². The van der Waals surface area contributed by atoms with Gasteiger partial charge in [-0.25, -0.2) is 4.79 Å². The number of rotatable bonds is 4. The third-order valence-corrected chi connectivity index (χ3v) is 4.87. The zero-order valence-corrected chi connectivity index (χ0v) is 14.9. The molecule has 0 radical (unpaired) electrons. The van der Waals surface area contributed by atoms with Crippen molar-refractivity contribution >= 4 is 11.5 Å². The van der Waals surface area contributed by atoms with Gasteiger partial charge in [0.2, 0.25) is 0 Å². The third kappa shape index (κ3) is 3.47. The van der Waals surface area contributed by atoms with Crippen molar-refractivity contribution in [3.63, 3.8) is 0 Å². The maximum atomic E-state index is 12.3. The lowest BCUT2D eigenvalue weighted by atomic mass is 9.86. The molecule has 0 aliphatic carbocycles. The smallest absolute Gasteiger partial charge is 0.334 e. The fourth-order valence-electron chi connectivity index (χ4n) is 3.53. The molecule has 0 bridgehead atoms. The van der Waals surface area contributed by atoms with E-state index in [0.29, 0.717) is 5.57 Å². The number of esters is 1. The molecule has 3 aromatic rings. The summed E-state index contributed by atoms with van der Waals surface area (Å²) in [5, 5.41) is 0. The summed E-state index contributed by atoms with van der Waals surface area (Å²) in [5.41, 5.74) is 4.76. The van der Waals surface area contributed by atoms with Crippen LogP contribution in [0.1, 0.15) is 22.6 Å². The quantitative estimate of drug-likeness (QED) is 0.465. The molecule has 2 unspecified atom stereocenters. The monoisotopic (exact) mass is 352 g/mol. The fourth-order valence-corrected chi connectivity index (χ4v) is 3.53. The highest BCUT2D eigenvalue weighted by Crippen LogP contribution is 2.38. The number of ether oxygens (including phenoxy) is 1. The summed E-state index contributed by atoms with van der Waals surface area (Å²) in [4.78, 5) is 12.3. The second-order valence-electron chi connectivity index (χ2n) is 6.60. The Hall–Kier alpha value is -3.39. The van der Waals surface area contributed by atoms with Crippen LogP contribution in [0, 0.1) is 0 Å². The first kappa shape index (κ1) is 17.0. The van der Waals surface area contributed by atoms with Gasteiger partial charge in [-0.15, -0.1) is 0 Å². The Kier molecular flexibility index (Phi) is 4.71.